The number of aryl methyl sites for hydroxylation is 1. The molecule has 0 radical (unpaired) electrons. The summed E-state index contributed by atoms with van der Waals surface area (Å²) in [6.45, 7) is 0. The fraction of sp³-hybridized carbons (Fsp3) is 0.0556. The van der Waals surface area contributed by atoms with Crippen LogP contribution in [0.3, 0.4) is 0 Å². The van der Waals surface area contributed by atoms with Gasteiger partial charge < -0.3 is 15.6 Å². The summed E-state index contributed by atoms with van der Waals surface area (Å²) >= 11 is 0. The summed E-state index contributed by atoms with van der Waals surface area (Å²) < 4.78 is 2.00. The monoisotopic (exact) mass is 316 g/mol. The van der Waals surface area contributed by atoms with Crippen molar-refractivity contribution in [3.8, 4) is 11.4 Å². The van der Waals surface area contributed by atoms with Crippen LogP contribution in [0.2, 0.25) is 0 Å². The smallest absolute Gasteiger partial charge is 0.162 e. The van der Waals surface area contributed by atoms with E-state index in [0.717, 1.165) is 28.1 Å². The van der Waals surface area contributed by atoms with E-state index in [4.69, 9.17) is 10.7 Å². The van der Waals surface area contributed by atoms with Crippen LogP contribution in [-0.2, 0) is 7.05 Å². The Labute approximate surface area is 139 Å². The van der Waals surface area contributed by atoms with Gasteiger partial charge in [-0.3, -0.25) is 4.98 Å². The highest BCUT2D eigenvalue weighted by Crippen LogP contribution is 2.28. The van der Waals surface area contributed by atoms with Gasteiger partial charge in [0.15, 0.2) is 11.6 Å². The number of pyridine rings is 1. The van der Waals surface area contributed by atoms with Crippen molar-refractivity contribution in [2.45, 2.75) is 0 Å². The fourth-order valence-corrected chi connectivity index (χ4v) is 2.66. The van der Waals surface area contributed by atoms with E-state index in [1.807, 2.05) is 60.3 Å². The Hall–Kier alpha value is -3.41. The molecule has 0 aliphatic carbocycles. The Balaban J connectivity index is 1.88. The van der Waals surface area contributed by atoms with Gasteiger partial charge in [0.05, 0.1) is 17.4 Å². The molecule has 0 saturated heterocycles. The SMILES string of the molecule is Cn1ccc2nc(-c3cccc(N)c3)nc(Nc3cccnc3)c21. The molecule has 3 N–H and O–H groups in total. The van der Waals surface area contributed by atoms with E-state index in [-0.39, 0.29) is 0 Å². The first-order chi connectivity index (χ1) is 11.7. The third kappa shape index (κ3) is 2.54. The Bertz CT molecular complexity index is 1010. The van der Waals surface area contributed by atoms with Gasteiger partial charge >= 0.3 is 0 Å². The highest BCUT2D eigenvalue weighted by molar-refractivity contribution is 5.90. The number of nitrogens with one attached hydrogen (secondary N) is 1. The number of fused-ring (bicyclic) bond motifs is 1. The second-order valence-electron chi connectivity index (χ2n) is 5.55. The molecule has 6 heteroatoms. The van der Waals surface area contributed by atoms with Crippen LogP contribution >= 0.6 is 0 Å². The van der Waals surface area contributed by atoms with Crippen LogP contribution in [-0.4, -0.2) is 19.5 Å². The van der Waals surface area contributed by atoms with Crippen LogP contribution in [0.15, 0.2) is 61.1 Å². The Morgan fingerprint density at radius 2 is 2.00 bits per heavy atom. The summed E-state index contributed by atoms with van der Waals surface area (Å²) in [5.74, 6) is 1.37. The number of benzene rings is 1. The summed E-state index contributed by atoms with van der Waals surface area (Å²) in [7, 11) is 1.97. The van der Waals surface area contributed by atoms with Gasteiger partial charge in [-0.25, -0.2) is 9.97 Å². The van der Waals surface area contributed by atoms with Gasteiger partial charge in [0.2, 0.25) is 0 Å². The largest absolute Gasteiger partial charge is 0.399 e. The van der Waals surface area contributed by atoms with Crippen molar-refractivity contribution >= 4 is 28.2 Å². The highest BCUT2D eigenvalue weighted by Gasteiger charge is 2.12. The van der Waals surface area contributed by atoms with E-state index < -0.39 is 0 Å². The normalized spacial score (nSPS) is 10.9. The molecule has 4 aromatic rings. The maximum absolute atomic E-state index is 5.89. The predicted octanol–water partition coefficient (Wildman–Crippen LogP) is 3.36. The maximum atomic E-state index is 5.89. The number of aromatic nitrogens is 4. The third-order valence-electron chi connectivity index (χ3n) is 3.79. The minimum Gasteiger partial charge on any atom is -0.399 e. The van der Waals surface area contributed by atoms with Crippen molar-refractivity contribution in [1.82, 2.24) is 19.5 Å². The van der Waals surface area contributed by atoms with Gasteiger partial charge in [-0.15, -0.1) is 0 Å². The third-order valence-corrected chi connectivity index (χ3v) is 3.79. The molecule has 3 aromatic heterocycles. The number of nitrogens with zero attached hydrogens (tertiary/aromatic N) is 4. The van der Waals surface area contributed by atoms with Crippen LogP contribution < -0.4 is 11.1 Å². The minimum atomic E-state index is 0.632. The zero-order valence-electron chi connectivity index (χ0n) is 13.1. The van der Waals surface area contributed by atoms with Crippen molar-refractivity contribution in [2.75, 3.05) is 11.1 Å². The molecule has 4 rings (SSSR count). The number of anilines is 3. The number of nitrogens with two attached hydrogens (primary N) is 1. The molecule has 1 aromatic carbocycles. The lowest BCUT2D eigenvalue weighted by Crippen LogP contribution is -2.01. The molecule has 0 aliphatic heterocycles. The van der Waals surface area contributed by atoms with Gasteiger partial charge in [-0.1, -0.05) is 12.1 Å². The van der Waals surface area contributed by atoms with Gasteiger partial charge in [0, 0.05) is 30.7 Å². The first-order valence-corrected chi connectivity index (χ1v) is 7.57. The molecule has 0 bridgehead atoms. The average Bonchev–Trinajstić information content (AvgIpc) is 2.97. The molecular weight excluding hydrogens is 300 g/mol. The van der Waals surface area contributed by atoms with Crippen LogP contribution in [0.5, 0.6) is 0 Å². The summed E-state index contributed by atoms with van der Waals surface area (Å²) in [5, 5.41) is 3.33. The molecule has 0 amide bonds. The number of rotatable bonds is 3. The summed E-state index contributed by atoms with van der Waals surface area (Å²) in [5.41, 5.74) is 10.1. The minimum absolute atomic E-state index is 0.632. The highest BCUT2D eigenvalue weighted by atomic mass is 15.1. The van der Waals surface area contributed by atoms with Crippen LogP contribution in [0.25, 0.3) is 22.4 Å². The van der Waals surface area contributed by atoms with Gasteiger partial charge in [0.25, 0.3) is 0 Å². The summed E-state index contributed by atoms with van der Waals surface area (Å²) in [4.78, 5) is 13.5. The van der Waals surface area contributed by atoms with Crippen molar-refractivity contribution in [2.24, 2.45) is 7.05 Å². The molecule has 0 unspecified atom stereocenters. The molecule has 0 aliphatic rings. The molecule has 0 spiro atoms. The quantitative estimate of drug-likeness (QED) is 0.566. The molecule has 0 fully saturated rings. The topological polar surface area (TPSA) is 81.7 Å². The standard InChI is InChI=1S/C18H16N6/c1-24-9-7-15-16(24)18(21-14-6-3-8-20-11-14)23-17(22-15)12-4-2-5-13(19)10-12/h2-11H,19H2,1H3,(H,21,22,23). The number of nitrogen functional groups attached to an aromatic ring is 1. The zero-order chi connectivity index (χ0) is 16.5. The maximum Gasteiger partial charge on any atom is 0.162 e. The van der Waals surface area contributed by atoms with Crippen molar-refractivity contribution in [3.05, 3.63) is 61.1 Å². The lowest BCUT2D eigenvalue weighted by atomic mass is 10.2. The Morgan fingerprint density at radius 1 is 1.08 bits per heavy atom. The van der Waals surface area contributed by atoms with Crippen molar-refractivity contribution in [1.29, 1.82) is 0 Å². The van der Waals surface area contributed by atoms with E-state index in [0.29, 0.717) is 11.5 Å². The summed E-state index contributed by atoms with van der Waals surface area (Å²) in [6, 6.07) is 13.4. The van der Waals surface area contributed by atoms with Crippen LogP contribution in [0, 0.1) is 0 Å². The zero-order valence-corrected chi connectivity index (χ0v) is 13.1. The van der Waals surface area contributed by atoms with Crippen molar-refractivity contribution in [3.63, 3.8) is 0 Å². The second kappa shape index (κ2) is 5.66. The average molecular weight is 316 g/mol. The summed E-state index contributed by atoms with van der Waals surface area (Å²) in [6.07, 6.45) is 5.47. The first-order valence-electron chi connectivity index (χ1n) is 7.57. The lowest BCUT2D eigenvalue weighted by molar-refractivity contribution is 0.964. The molecule has 3 heterocycles. The molecule has 118 valence electrons. The predicted molar refractivity (Wildman–Crippen MR) is 95.9 cm³/mol. The van der Waals surface area contributed by atoms with E-state index in [9.17, 15) is 0 Å². The van der Waals surface area contributed by atoms with E-state index in [1.165, 1.54) is 0 Å². The van der Waals surface area contributed by atoms with E-state index in [2.05, 4.69) is 15.3 Å². The van der Waals surface area contributed by atoms with Gasteiger partial charge in [-0.2, -0.15) is 0 Å². The Kier molecular flexibility index (Phi) is 3.35. The molecule has 24 heavy (non-hydrogen) atoms. The van der Waals surface area contributed by atoms with Crippen LogP contribution in [0.4, 0.5) is 17.2 Å². The van der Waals surface area contributed by atoms with Crippen molar-refractivity contribution < 1.29 is 0 Å². The number of hydrogen-bond acceptors (Lipinski definition) is 5. The molecular formula is C18H16N6. The molecule has 0 saturated carbocycles. The fourth-order valence-electron chi connectivity index (χ4n) is 2.66. The van der Waals surface area contributed by atoms with E-state index >= 15 is 0 Å². The van der Waals surface area contributed by atoms with Gasteiger partial charge in [0.1, 0.15) is 5.52 Å². The first kappa shape index (κ1) is 14.2. The molecule has 0 atom stereocenters. The van der Waals surface area contributed by atoms with Crippen LogP contribution in [0.1, 0.15) is 0 Å². The van der Waals surface area contributed by atoms with E-state index in [1.54, 1.807) is 12.4 Å². The second-order valence-corrected chi connectivity index (χ2v) is 5.55. The lowest BCUT2D eigenvalue weighted by Gasteiger charge is -2.10. The molecule has 6 nitrogen and oxygen atoms in total. The van der Waals surface area contributed by atoms with Gasteiger partial charge in [-0.05, 0) is 30.3 Å². The number of hydrogen-bond donors (Lipinski definition) is 2. The Morgan fingerprint density at radius 3 is 2.79 bits per heavy atom.